The molecule has 0 saturated heterocycles. The molecule has 0 aliphatic heterocycles. The van der Waals surface area contributed by atoms with E-state index in [0.29, 0.717) is 12.4 Å². The normalized spacial score (nSPS) is 9.73. The van der Waals surface area contributed by atoms with Crippen molar-refractivity contribution in [1.29, 1.82) is 0 Å². The van der Waals surface area contributed by atoms with Gasteiger partial charge in [0.1, 0.15) is 5.75 Å². The average molecular weight is 210 g/mol. The van der Waals surface area contributed by atoms with E-state index in [1.54, 1.807) is 13.2 Å². The van der Waals surface area contributed by atoms with Gasteiger partial charge < -0.3 is 14.2 Å². The third-order valence-corrected chi connectivity index (χ3v) is 1.79. The Morgan fingerprint density at radius 2 is 2.13 bits per heavy atom. The fraction of sp³-hybridized carbons (Fsp3) is 0.364. The number of benzene rings is 1. The summed E-state index contributed by atoms with van der Waals surface area (Å²) in [7, 11) is 2.95. The van der Waals surface area contributed by atoms with Gasteiger partial charge >= 0.3 is 5.97 Å². The van der Waals surface area contributed by atoms with Crippen LogP contribution in [0.5, 0.6) is 5.75 Å². The maximum Gasteiger partial charge on any atom is 0.343 e. The summed E-state index contributed by atoms with van der Waals surface area (Å²) in [6, 6.07) is 7.38. The summed E-state index contributed by atoms with van der Waals surface area (Å²) < 4.78 is 14.7. The molecule has 0 atom stereocenters. The zero-order chi connectivity index (χ0) is 11.1. The van der Waals surface area contributed by atoms with Crippen molar-refractivity contribution in [1.82, 2.24) is 0 Å². The third kappa shape index (κ3) is 3.99. The van der Waals surface area contributed by atoms with Gasteiger partial charge in [-0.05, 0) is 17.7 Å². The van der Waals surface area contributed by atoms with Crippen molar-refractivity contribution in [3.8, 4) is 5.75 Å². The molecule has 0 aromatic heterocycles. The lowest BCUT2D eigenvalue weighted by Crippen LogP contribution is -2.12. The molecule has 0 bridgehead atoms. The van der Waals surface area contributed by atoms with Gasteiger partial charge in [-0.2, -0.15) is 0 Å². The number of methoxy groups -OCH3 is 2. The lowest BCUT2D eigenvalue weighted by Gasteiger charge is -2.06. The van der Waals surface area contributed by atoms with E-state index in [4.69, 9.17) is 9.47 Å². The van der Waals surface area contributed by atoms with Crippen LogP contribution in [-0.4, -0.2) is 26.8 Å². The fourth-order valence-corrected chi connectivity index (χ4v) is 1.09. The topological polar surface area (TPSA) is 44.8 Å². The predicted octanol–water partition coefficient (Wildman–Crippen LogP) is 1.38. The maximum absolute atomic E-state index is 10.8. The molecule has 15 heavy (non-hydrogen) atoms. The standard InChI is InChI=1S/C11H14O4/c1-13-7-9-4-3-5-10(6-9)15-8-11(12)14-2/h3-6H,7-8H2,1-2H3. The molecule has 82 valence electrons. The van der Waals surface area contributed by atoms with E-state index in [1.807, 2.05) is 18.2 Å². The van der Waals surface area contributed by atoms with Crippen molar-refractivity contribution in [3.63, 3.8) is 0 Å². The Morgan fingerprint density at radius 3 is 2.80 bits per heavy atom. The minimum absolute atomic E-state index is 0.0765. The number of ether oxygens (including phenoxy) is 3. The van der Waals surface area contributed by atoms with E-state index in [0.717, 1.165) is 5.56 Å². The van der Waals surface area contributed by atoms with Gasteiger partial charge in [-0.25, -0.2) is 4.79 Å². The molecular formula is C11H14O4. The third-order valence-electron chi connectivity index (χ3n) is 1.79. The zero-order valence-corrected chi connectivity index (χ0v) is 8.86. The van der Waals surface area contributed by atoms with Crippen molar-refractivity contribution < 1.29 is 19.0 Å². The Hall–Kier alpha value is -1.55. The minimum atomic E-state index is -0.396. The summed E-state index contributed by atoms with van der Waals surface area (Å²) in [5.41, 5.74) is 1.000. The van der Waals surface area contributed by atoms with Crippen molar-refractivity contribution in [2.75, 3.05) is 20.8 Å². The predicted molar refractivity (Wildman–Crippen MR) is 54.7 cm³/mol. The van der Waals surface area contributed by atoms with Gasteiger partial charge in [0, 0.05) is 7.11 Å². The van der Waals surface area contributed by atoms with Crippen LogP contribution in [0.1, 0.15) is 5.56 Å². The summed E-state index contributed by atoms with van der Waals surface area (Å²) in [6.45, 7) is 0.447. The summed E-state index contributed by atoms with van der Waals surface area (Å²) in [5.74, 6) is 0.238. The van der Waals surface area contributed by atoms with Crippen molar-refractivity contribution in [3.05, 3.63) is 29.8 Å². The second-order valence-corrected chi connectivity index (χ2v) is 2.95. The highest BCUT2D eigenvalue weighted by molar-refractivity contribution is 5.70. The highest BCUT2D eigenvalue weighted by atomic mass is 16.6. The van der Waals surface area contributed by atoms with Gasteiger partial charge in [-0.1, -0.05) is 12.1 Å². The second-order valence-electron chi connectivity index (χ2n) is 2.95. The highest BCUT2D eigenvalue weighted by Crippen LogP contribution is 2.13. The molecule has 1 aromatic rings. The Labute approximate surface area is 88.8 Å². The first kappa shape index (κ1) is 11.5. The number of rotatable bonds is 5. The van der Waals surface area contributed by atoms with Crippen LogP contribution in [0.25, 0.3) is 0 Å². The van der Waals surface area contributed by atoms with Crippen molar-refractivity contribution in [2.45, 2.75) is 6.61 Å². The molecule has 0 aliphatic carbocycles. The van der Waals surface area contributed by atoms with Crippen molar-refractivity contribution in [2.24, 2.45) is 0 Å². The Bertz CT molecular complexity index is 322. The molecule has 0 N–H and O–H groups in total. The molecule has 0 saturated carbocycles. The molecule has 1 rings (SSSR count). The van der Waals surface area contributed by atoms with E-state index in [2.05, 4.69) is 4.74 Å². The molecule has 0 fully saturated rings. The molecular weight excluding hydrogens is 196 g/mol. The van der Waals surface area contributed by atoms with E-state index >= 15 is 0 Å². The van der Waals surface area contributed by atoms with Gasteiger partial charge in [-0.15, -0.1) is 0 Å². The fourth-order valence-electron chi connectivity index (χ4n) is 1.09. The smallest absolute Gasteiger partial charge is 0.343 e. The van der Waals surface area contributed by atoms with Crippen LogP contribution in [-0.2, 0) is 20.9 Å². The molecule has 0 heterocycles. The lowest BCUT2D eigenvalue weighted by molar-refractivity contribution is -0.142. The Morgan fingerprint density at radius 1 is 1.33 bits per heavy atom. The van der Waals surface area contributed by atoms with Crippen LogP contribution < -0.4 is 4.74 Å². The number of hydrogen-bond donors (Lipinski definition) is 0. The summed E-state index contributed by atoms with van der Waals surface area (Å²) in [6.07, 6.45) is 0. The highest BCUT2D eigenvalue weighted by Gasteiger charge is 2.02. The first-order chi connectivity index (χ1) is 7.26. The summed E-state index contributed by atoms with van der Waals surface area (Å²) in [4.78, 5) is 10.8. The minimum Gasteiger partial charge on any atom is -0.482 e. The molecule has 0 aliphatic rings. The second kappa shape index (κ2) is 6.03. The first-order valence-electron chi connectivity index (χ1n) is 4.53. The maximum atomic E-state index is 10.8. The van der Waals surface area contributed by atoms with Gasteiger partial charge in [0.2, 0.25) is 0 Å². The molecule has 0 unspecified atom stereocenters. The summed E-state index contributed by atoms with van der Waals surface area (Å²) in [5, 5.41) is 0. The Balaban J connectivity index is 2.53. The molecule has 0 radical (unpaired) electrons. The quantitative estimate of drug-likeness (QED) is 0.689. The largest absolute Gasteiger partial charge is 0.482 e. The number of hydrogen-bond acceptors (Lipinski definition) is 4. The van der Waals surface area contributed by atoms with Crippen LogP contribution in [0.15, 0.2) is 24.3 Å². The van der Waals surface area contributed by atoms with Gasteiger partial charge in [0.15, 0.2) is 6.61 Å². The molecule has 4 nitrogen and oxygen atoms in total. The van der Waals surface area contributed by atoms with Crippen LogP contribution >= 0.6 is 0 Å². The van der Waals surface area contributed by atoms with Crippen LogP contribution in [0.2, 0.25) is 0 Å². The number of esters is 1. The Kier molecular flexibility index (Phi) is 4.63. The van der Waals surface area contributed by atoms with E-state index in [1.165, 1.54) is 7.11 Å². The summed E-state index contributed by atoms with van der Waals surface area (Å²) >= 11 is 0. The lowest BCUT2D eigenvalue weighted by atomic mass is 10.2. The first-order valence-corrected chi connectivity index (χ1v) is 4.53. The average Bonchev–Trinajstić information content (AvgIpc) is 2.27. The van der Waals surface area contributed by atoms with Gasteiger partial charge in [-0.3, -0.25) is 0 Å². The monoisotopic (exact) mass is 210 g/mol. The van der Waals surface area contributed by atoms with Gasteiger partial charge in [0.05, 0.1) is 13.7 Å². The van der Waals surface area contributed by atoms with Gasteiger partial charge in [0.25, 0.3) is 0 Å². The number of carbonyl (C=O) groups excluding carboxylic acids is 1. The van der Waals surface area contributed by atoms with Crippen LogP contribution in [0, 0.1) is 0 Å². The molecule has 0 spiro atoms. The molecule has 0 amide bonds. The molecule has 4 heteroatoms. The SMILES string of the molecule is COCc1cccc(OCC(=O)OC)c1. The number of carbonyl (C=O) groups is 1. The van der Waals surface area contributed by atoms with Crippen LogP contribution in [0.3, 0.4) is 0 Å². The van der Waals surface area contributed by atoms with Crippen molar-refractivity contribution >= 4 is 5.97 Å². The van der Waals surface area contributed by atoms with E-state index in [-0.39, 0.29) is 6.61 Å². The van der Waals surface area contributed by atoms with E-state index in [9.17, 15) is 4.79 Å². The molecule has 1 aromatic carbocycles. The zero-order valence-electron chi connectivity index (χ0n) is 8.86. The van der Waals surface area contributed by atoms with Crippen LogP contribution in [0.4, 0.5) is 0 Å². The van der Waals surface area contributed by atoms with E-state index < -0.39 is 5.97 Å².